The van der Waals surface area contributed by atoms with Gasteiger partial charge in [0.15, 0.2) is 0 Å². The monoisotopic (exact) mass is 561 g/mol. The molecule has 210 valence electrons. The lowest BCUT2D eigenvalue weighted by atomic mass is 9.87. The summed E-state index contributed by atoms with van der Waals surface area (Å²) in [6.07, 6.45) is 0.352. The van der Waals surface area contributed by atoms with Crippen LogP contribution in [-0.2, 0) is 14.4 Å². The smallest absolute Gasteiger partial charge is 0.252 e. The van der Waals surface area contributed by atoms with Gasteiger partial charge in [0, 0.05) is 37.2 Å². The molecule has 0 bridgehead atoms. The second-order valence-corrected chi connectivity index (χ2v) is 10.3. The third kappa shape index (κ3) is 5.63. The topological polar surface area (TPSA) is 106 Å². The Bertz CT molecular complexity index is 1530. The summed E-state index contributed by atoms with van der Waals surface area (Å²) in [5.41, 5.74) is 1.39. The van der Waals surface area contributed by atoms with Crippen molar-refractivity contribution in [2.45, 2.75) is 56.7 Å². The van der Waals surface area contributed by atoms with Gasteiger partial charge in [-0.2, -0.15) is 5.26 Å². The maximum Gasteiger partial charge on any atom is 0.252 e. The second kappa shape index (κ2) is 11.0. The van der Waals surface area contributed by atoms with Crippen molar-refractivity contribution in [3.63, 3.8) is 0 Å². The van der Waals surface area contributed by atoms with Gasteiger partial charge in [-0.15, -0.1) is 0 Å². The minimum Gasteiger partial charge on any atom is -0.351 e. The molecule has 1 aliphatic heterocycles. The number of rotatable bonds is 7. The Kier molecular flexibility index (Phi) is 7.49. The summed E-state index contributed by atoms with van der Waals surface area (Å²) in [5, 5.41) is 11.8. The molecule has 41 heavy (non-hydrogen) atoms. The van der Waals surface area contributed by atoms with Crippen LogP contribution in [0.1, 0.15) is 48.4 Å². The molecule has 2 aliphatic rings. The van der Waals surface area contributed by atoms with E-state index in [2.05, 4.69) is 10.3 Å². The first-order valence-electron chi connectivity index (χ1n) is 13.1. The molecule has 1 N–H and O–H groups in total. The van der Waals surface area contributed by atoms with E-state index in [1.165, 1.54) is 41.4 Å². The van der Waals surface area contributed by atoms with Gasteiger partial charge in [-0.05, 0) is 54.8 Å². The van der Waals surface area contributed by atoms with Crippen LogP contribution in [0.3, 0.4) is 0 Å². The fraction of sp³-hybridized carbons (Fsp3) is 0.300. The van der Waals surface area contributed by atoms with Crippen LogP contribution in [0.15, 0.2) is 66.9 Å². The number of halogens is 3. The number of nitrogens with zero attached hydrogens (tertiary/aromatic N) is 4. The van der Waals surface area contributed by atoms with Gasteiger partial charge in [0.05, 0.1) is 5.56 Å². The molecule has 1 saturated heterocycles. The van der Waals surface area contributed by atoms with Crippen molar-refractivity contribution in [2.75, 3.05) is 9.80 Å². The van der Waals surface area contributed by atoms with Crippen LogP contribution in [0.4, 0.5) is 24.7 Å². The number of hydrogen-bond donors (Lipinski definition) is 1. The molecule has 1 aliphatic carbocycles. The second-order valence-electron chi connectivity index (χ2n) is 10.3. The normalized spacial score (nSPS) is 18.8. The largest absolute Gasteiger partial charge is 0.351 e. The van der Waals surface area contributed by atoms with Crippen LogP contribution < -0.4 is 15.1 Å². The summed E-state index contributed by atoms with van der Waals surface area (Å²) in [6.45, 7) is 1.74. The third-order valence-corrected chi connectivity index (χ3v) is 7.37. The number of anilines is 2. The van der Waals surface area contributed by atoms with E-state index in [9.17, 15) is 27.6 Å². The van der Waals surface area contributed by atoms with Crippen molar-refractivity contribution in [3.8, 4) is 6.07 Å². The fourth-order valence-electron chi connectivity index (χ4n) is 5.32. The zero-order chi connectivity index (χ0) is 29.3. The highest BCUT2D eigenvalue weighted by molar-refractivity contribution is 6.10. The molecule has 5 rings (SSSR count). The van der Waals surface area contributed by atoms with Crippen molar-refractivity contribution in [2.24, 2.45) is 0 Å². The van der Waals surface area contributed by atoms with Crippen LogP contribution in [0.5, 0.6) is 0 Å². The van der Waals surface area contributed by atoms with Crippen molar-refractivity contribution in [1.82, 2.24) is 10.3 Å². The average molecular weight is 562 g/mol. The summed E-state index contributed by atoms with van der Waals surface area (Å²) in [5.74, 6) is -5.14. The first-order chi connectivity index (χ1) is 19.6. The molecular weight excluding hydrogens is 535 g/mol. The van der Waals surface area contributed by atoms with Crippen molar-refractivity contribution in [1.29, 1.82) is 5.26 Å². The molecule has 0 spiro atoms. The first kappa shape index (κ1) is 27.8. The molecule has 2 atom stereocenters. The minimum atomic E-state index is -2.88. The van der Waals surface area contributed by atoms with Gasteiger partial charge in [-0.1, -0.05) is 30.3 Å². The highest BCUT2D eigenvalue weighted by Crippen LogP contribution is 2.39. The zero-order valence-electron chi connectivity index (χ0n) is 22.1. The van der Waals surface area contributed by atoms with Crippen molar-refractivity contribution in [3.05, 3.63) is 89.4 Å². The highest BCUT2D eigenvalue weighted by Gasteiger charge is 2.48. The Labute approximate surface area is 234 Å². The molecule has 1 saturated carbocycles. The maximum absolute atomic E-state index is 14.5. The van der Waals surface area contributed by atoms with Gasteiger partial charge in [0.1, 0.15) is 29.8 Å². The molecule has 2 heterocycles. The van der Waals surface area contributed by atoms with Crippen LogP contribution in [0, 0.1) is 24.1 Å². The lowest BCUT2D eigenvalue weighted by Gasteiger charge is -2.39. The third-order valence-electron chi connectivity index (χ3n) is 7.37. The lowest BCUT2D eigenvalue weighted by molar-refractivity contribution is -0.133. The number of benzene rings is 2. The molecule has 11 heteroatoms. The number of pyridine rings is 1. The summed E-state index contributed by atoms with van der Waals surface area (Å²) in [6, 6.07) is 13.6. The number of nitrogens with one attached hydrogen (secondary N) is 1. The number of nitriles is 1. The van der Waals surface area contributed by atoms with Gasteiger partial charge in [-0.25, -0.2) is 18.2 Å². The van der Waals surface area contributed by atoms with E-state index in [4.69, 9.17) is 5.26 Å². The molecule has 2 aromatic carbocycles. The quantitative estimate of drug-likeness (QED) is 0.455. The maximum atomic E-state index is 14.5. The van der Waals surface area contributed by atoms with E-state index in [0.29, 0.717) is 11.1 Å². The van der Waals surface area contributed by atoms with E-state index in [-0.39, 0.29) is 35.8 Å². The Hall–Kier alpha value is -4.72. The standard InChI is InChI=1S/C30H26F3N5O3/c1-18-5-2-3-8-23(18)27(28(40)36-21-14-30(32,33)15-21)37(22-7-4-6-20(31)13-22)29(41)24-10-12-26(39)38(24)25-11-9-19(16-34)17-35-25/h2-9,11,13,17,21,24,27H,10,12,14-15H2,1H3,(H,36,40). The Balaban J connectivity index is 1.59. The van der Waals surface area contributed by atoms with Gasteiger partial charge >= 0.3 is 0 Å². The SMILES string of the molecule is Cc1ccccc1C(C(=O)NC1CC(F)(F)C1)N(C(=O)C1CCC(=O)N1c1ccc(C#N)cn1)c1cccc(F)c1. The minimum absolute atomic E-state index is 0.0213. The van der Waals surface area contributed by atoms with E-state index in [1.807, 2.05) is 6.07 Å². The number of carbonyl (C=O) groups is 3. The summed E-state index contributed by atoms with van der Waals surface area (Å²) >= 11 is 0. The van der Waals surface area contributed by atoms with Gasteiger partial charge in [0.25, 0.3) is 11.8 Å². The first-order valence-corrected chi connectivity index (χ1v) is 13.1. The van der Waals surface area contributed by atoms with E-state index in [1.54, 1.807) is 31.2 Å². The molecule has 2 fully saturated rings. The van der Waals surface area contributed by atoms with Crippen LogP contribution in [0.2, 0.25) is 0 Å². The Morgan fingerprint density at radius 3 is 2.54 bits per heavy atom. The van der Waals surface area contributed by atoms with Crippen LogP contribution in [0.25, 0.3) is 0 Å². The van der Waals surface area contributed by atoms with Crippen molar-refractivity contribution < 1.29 is 27.6 Å². The predicted molar refractivity (Wildman–Crippen MR) is 143 cm³/mol. The average Bonchev–Trinajstić information content (AvgIpc) is 3.32. The molecule has 3 amide bonds. The van der Waals surface area contributed by atoms with E-state index >= 15 is 0 Å². The van der Waals surface area contributed by atoms with Gasteiger partial charge in [-0.3, -0.25) is 24.2 Å². The molecule has 2 unspecified atom stereocenters. The number of alkyl halides is 2. The van der Waals surface area contributed by atoms with Gasteiger partial charge in [0.2, 0.25) is 11.8 Å². The van der Waals surface area contributed by atoms with E-state index in [0.717, 1.165) is 11.0 Å². The molecule has 1 aromatic heterocycles. The highest BCUT2D eigenvalue weighted by atomic mass is 19.3. The molecule has 8 nitrogen and oxygen atoms in total. The van der Waals surface area contributed by atoms with Crippen LogP contribution in [-0.4, -0.2) is 40.7 Å². The summed E-state index contributed by atoms with van der Waals surface area (Å²) < 4.78 is 41.7. The van der Waals surface area contributed by atoms with Crippen molar-refractivity contribution >= 4 is 29.2 Å². The molecule has 0 radical (unpaired) electrons. The molecule has 3 aromatic rings. The van der Waals surface area contributed by atoms with E-state index < -0.39 is 54.5 Å². The van der Waals surface area contributed by atoms with Crippen LogP contribution >= 0.6 is 0 Å². The Morgan fingerprint density at radius 2 is 1.90 bits per heavy atom. The van der Waals surface area contributed by atoms with Gasteiger partial charge < -0.3 is 5.32 Å². The lowest BCUT2D eigenvalue weighted by Crippen LogP contribution is -2.56. The number of aryl methyl sites for hydroxylation is 1. The predicted octanol–water partition coefficient (Wildman–Crippen LogP) is 4.58. The number of hydrogen-bond acceptors (Lipinski definition) is 5. The Morgan fingerprint density at radius 1 is 1.15 bits per heavy atom. The number of aromatic nitrogens is 1. The zero-order valence-corrected chi connectivity index (χ0v) is 22.1. The number of amides is 3. The summed E-state index contributed by atoms with van der Waals surface area (Å²) in [4.78, 5) is 47.8. The fourth-order valence-corrected chi connectivity index (χ4v) is 5.32. The number of carbonyl (C=O) groups excluding carboxylic acids is 3. The summed E-state index contributed by atoms with van der Waals surface area (Å²) in [7, 11) is 0. The molecular formula is C30H26F3N5O3.